The number of nitrogens with two attached hydrogens (primary N) is 1. The highest BCUT2D eigenvalue weighted by Crippen LogP contribution is 2.28. The minimum absolute atomic E-state index is 0.0166. The van der Waals surface area contributed by atoms with Crippen LogP contribution in [0, 0.1) is 13.8 Å². The first-order valence-corrected chi connectivity index (χ1v) is 13.8. The number of carbonyl (C=O) groups is 1. The summed E-state index contributed by atoms with van der Waals surface area (Å²) in [4.78, 5) is 25.4. The lowest BCUT2D eigenvalue weighted by Gasteiger charge is -2.11. The van der Waals surface area contributed by atoms with Crippen molar-refractivity contribution in [2.24, 2.45) is 10.2 Å². The van der Waals surface area contributed by atoms with Crippen molar-refractivity contribution in [1.82, 2.24) is 15.2 Å². The average Bonchev–Trinajstić information content (AvgIpc) is 3.35. The molecule has 1 amide bonds. The molecule has 5 rings (SSSR count). The number of nitrogens with one attached hydrogen (secondary N) is 1. The van der Waals surface area contributed by atoms with Gasteiger partial charge in [0.15, 0.2) is 5.69 Å². The van der Waals surface area contributed by atoms with Crippen LogP contribution >= 0.6 is 11.6 Å². The monoisotopic (exact) mass is 575 g/mol. The smallest absolute Gasteiger partial charge is 0.346 e. The van der Waals surface area contributed by atoms with Crippen molar-refractivity contribution in [2.45, 2.75) is 18.7 Å². The fourth-order valence-electron chi connectivity index (χ4n) is 4.21. The van der Waals surface area contributed by atoms with E-state index in [9.17, 15) is 18.0 Å². The first-order valence-electron chi connectivity index (χ1n) is 11.9. The summed E-state index contributed by atoms with van der Waals surface area (Å²) in [6.07, 6.45) is 1.12. The number of hydrogen-bond donors (Lipinski definition) is 2. The lowest BCUT2D eigenvalue weighted by Crippen LogP contribution is -2.19. The number of amides is 1. The molecule has 0 fully saturated rings. The predicted molar refractivity (Wildman–Crippen MR) is 152 cm³/mol. The van der Waals surface area contributed by atoms with Gasteiger partial charge in [-0.25, -0.2) is 28.5 Å². The molecule has 3 N–H and O–H groups in total. The second kappa shape index (κ2) is 10.5. The molecule has 0 aliphatic carbocycles. The molecular formula is C28H22ClN5O5S. The van der Waals surface area contributed by atoms with E-state index in [1.807, 2.05) is 32.0 Å². The number of halogens is 1. The van der Waals surface area contributed by atoms with Gasteiger partial charge in [-0.1, -0.05) is 47.5 Å². The van der Waals surface area contributed by atoms with Crippen LogP contribution in [0.1, 0.15) is 27.2 Å². The summed E-state index contributed by atoms with van der Waals surface area (Å²) < 4.78 is 30.2. The predicted octanol–water partition coefficient (Wildman–Crippen LogP) is 4.33. The molecule has 0 radical (unpaired) electrons. The Hall–Kier alpha value is -4.58. The summed E-state index contributed by atoms with van der Waals surface area (Å²) in [7, 11) is -3.88. The molecule has 0 bridgehead atoms. The zero-order chi connectivity index (χ0) is 28.6. The number of sulfonamides is 1. The molecule has 2 aromatic heterocycles. The van der Waals surface area contributed by atoms with Crippen LogP contribution in [0.4, 0.5) is 0 Å². The normalized spacial score (nSPS) is 11.8. The van der Waals surface area contributed by atoms with Crippen molar-refractivity contribution >= 4 is 44.7 Å². The fraction of sp³-hybridized carbons (Fsp3) is 0.0714. The highest BCUT2D eigenvalue weighted by atomic mass is 35.5. The zero-order valence-electron chi connectivity index (χ0n) is 21.3. The Morgan fingerprint density at radius 2 is 1.80 bits per heavy atom. The molecule has 0 aliphatic heterocycles. The van der Waals surface area contributed by atoms with Gasteiger partial charge in [-0.05, 0) is 61.9 Å². The van der Waals surface area contributed by atoms with Gasteiger partial charge in [-0.15, -0.1) is 0 Å². The van der Waals surface area contributed by atoms with Crippen molar-refractivity contribution in [3.63, 3.8) is 0 Å². The van der Waals surface area contributed by atoms with Crippen molar-refractivity contribution in [2.75, 3.05) is 0 Å². The van der Waals surface area contributed by atoms with Gasteiger partial charge >= 0.3 is 5.63 Å². The number of carbonyl (C=O) groups excluding carboxylic acids is 1. The van der Waals surface area contributed by atoms with Gasteiger partial charge in [0.25, 0.3) is 5.91 Å². The number of aryl methyl sites for hydroxylation is 2. The number of primary sulfonamides is 1. The fourth-order valence-corrected chi connectivity index (χ4v) is 5.00. The van der Waals surface area contributed by atoms with Crippen molar-refractivity contribution in [1.29, 1.82) is 0 Å². The summed E-state index contributed by atoms with van der Waals surface area (Å²) in [5, 5.41) is 14.3. The van der Waals surface area contributed by atoms with Crippen molar-refractivity contribution in [3.05, 3.63) is 111 Å². The maximum atomic E-state index is 13.0. The minimum Gasteiger partial charge on any atom is -0.422 e. The molecule has 0 saturated heterocycles. The van der Waals surface area contributed by atoms with Crippen molar-refractivity contribution < 1.29 is 17.6 Å². The maximum absolute atomic E-state index is 13.0. The lowest BCUT2D eigenvalue weighted by atomic mass is 10.0. The van der Waals surface area contributed by atoms with Crippen LogP contribution in [0.3, 0.4) is 0 Å². The second-order valence-corrected chi connectivity index (χ2v) is 10.9. The Morgan fingerprint density at radius 1 is 1.07 bits per heavy atom. The Morgan fingerprint density at radius 3 is 2.50 bits per heavy atom. The Labute approximate surface area is 233 Å². The van der Waals surface area contributed by atoms with Gasteiger partial charge in [-0.2, -0.15) is 10.2 Å². The molecule has 10 nitrogen and oxygen atoms in total. The van der Waals surface area contributed by atoms with E-state index in [0.717, 1.165) is 22.9 Å². The van der Waals surface area contributed by atoms with Crippen LogP contribution in [0.5, 0.6) is 0 Å². The molecular weight excluding hydrogens is 554 g/mol. The molecule has 202 valence electrons. The molecule has 0 saturated carbocycles. The standard InChI is InChI=1S/C28H22ClN5O5S/c1-16-7-12-20(17(2)13-16)24-14-23(33-34(24)18-8-10-19(11-9-18)40(30,37)38)27(35)32-31-15-22-26(29)21-5-3-4-6-25(21)39-28(22)36/h3-15H,1-2H3,(H,32,35)(H2,30,37,38)/b31-15+. The molecule has 40 heavy (non-hydrogen) atoms. The number of hydrogen-bond acceptors (Lipinski definition) is 7. The molecule has 0 spiro atoms. The quantitative estimate of drug-likeness (QED) is 0.175. The number of para-hydroxylation sites is 1. The van der Waals surface area contributed by atoms with Gasteiger partial charge in [-0.3, -0.25) is 4.79 Å². The van der Waals surface area contributed by atoms with E-state index in [4.69, 9.17) is 21.2 Å². The summed E-state index contributed by atoms with van der Waals surface area (Å²) in [5.74, 6) is -0.650. The molecule has 0 aliphatic rings. The second-order valence-electron chi connectivity index (χ2n) is 9.00. The summed E-state index contributed by atoms with van der Waals surface area (Å²) in [6, 6.07) is 20.0. The third-order valence-electron chi connectivity index (χ3n) is 6.15. The average molecular weight is 576 g/mol. The molecule has 12 heteroatoms. The third kappa shape index (κ3) is 5.30. The molecule has 5 aromatic rings. The van der Waals surface area contributed by atoms with E-state index < -0.39 is 21.6 Å². The highest BCUT2D eigenvalue weighted by Gasteiger charge is 2.19. The first kappa shape index (κ1) is 27.0. The molecule has 2 heterocycles. The third-order valence-corrected chi connectivity index (χ3v) is 7.49. The van der Waals surface area contributed by atoms with Crippen LogP contribution in [-0.4, -0.2) is 30.3 Å². The van der Waals surface area contributed by atoms with Crippen LogP contribution in [-0.2, 0) is 10.0 Å². The largest absolute Gasteiger partial charge is 0.422 e. The van der Waals surface area contributed by atoms with Crippen LogP contribution in [0.15, 0.2) is 92.0 Å². The first-order chi connectivity index (χ1) is 19.0. The van der Waals surface area contributed by atoms with E-state index >= 15 is 0 Å². The Balaban J connectivity index is 1.50. The summed E-state index contributed by atoms with van der Waals surface area (Å²) >= 11 is 6.38. The van der Waals surface area contributed by atoms with E-state index in [0.29, 0.717) is 22.4 Å². The van der Waals surface area contributed by atoms with Gasteiger partial charge < -0.3 is 4.42 Å². The topological polar surface area (TPSA) is 150 Å². The number of benzene rings is 3. The number of rotatable bonds is 6. The van der Waals surface area contributed by atoms with Crippen molar-refractivity contribution in [3.8, 4) is 16.9 Å². The minimum atomic E-state index is -3.88. The van der Waals surface area contributed by atoms with E-state index in [-0.39, 0.29) is 21.2 Å². The van der Waals surface area contributed by atoms with E-state index in [2.05, 4.69) is 15.6 Å². The number of fused-ring (bicyclic) bond motifs is 1. The SMILES string of the molecule is Cc1ccc(-c2cc(C(=O)N/N=C/c3c(Cl)c4ccccc4oc3=O)nn2-c2ccc(S(N)(=O)=O)cc2)c(C)c1. The van der Waals surface area contributed by atoms with Gasteiger partial charge in [0, 0.05) is 10.9 Å². The number of aromatic nitrogens is 2. The molecule has 0 atom stereocenters. The maximum Gasteiger partial charge on any atom is 0.346 e. The van der Waals surface area contributed by atoms with E-state index in [1.54, 1.807) is 42.5 Å². The lowest BCUT2D eigenvalue weighted by molar-refractivity contribution is 0.0949. The van der Waals surface area contributed by atoms with Crippen LogP contribution in [0.25, 0.3) is 27.9 Å². The zero-order valence-corrected chi connectivity index (χ0v) is 22.8. The van der Waals surface area contributed by atoms with Gasteiger partial charge in [0.1, 0.15) is 5.58 Å². The summed E-state index contributed by atoms with van der Waals surface area (Å²) in [5.41, 5.74) is 5.93. The number of hydrazone groups is 1. The Kier molecular flexibility index (Phi) is 7.11. The van der Waals surface area contributed by atoms with Crippen LogP contribution < -0.4 is 16.2 Å². The van der Waals surface area contributed by atoms with Gasteiger partial charge in [0.05, 0.1) is 33.1 Å². The molecule has 3 aromatic carbocycles. The number of nitrogens with zero attached hydrogens (tertiary/aromatic N) is 3. The molecule has 0 unspecified atom stereocenters. The Bertz CT molecular complexity index is 1980. The van der Waals surface area contributed by atoms with Gasteiger partial charge in [0.2, 0.25) is 10.0 Å². The highest BCUT2D eigenvalue weighted by molar-refractivity contribution is 7.89. The van der Waals surface area contributed by atoms with Crippen LogP contribution in [0.2, 0.25) is 5.02 Å². The summed E-state index contributed by atoms with van der Waals surface area (Å²) in [6.45, 7) is 3.91. The van der Waals surface area contributed by atoms with E-state index in [1.165, 1.54) is 16.8 Å².